The standard InChI is InChI=1S/C18H14O5/c1-18(2)13-5-9(19)3-4-10(13)11-6-12-14(20)7-17(21)22-15(12)8-16(11)23-18/h3-8,19-20H,1-2H3. The summed E-state index contributed by atoms with van der Waals surface area (Å²) in [6.45, 7) is 3.80. The summed E-state index contributed by atoms with van der Waals surface area (Å²) < 4.78 is 11.2. The van der Waals surface area contributed by atoms with Crippen molar-refractivity contribution < 1.29 is 19.4 Å². The van der Waals surface area contributed by atoms with Crippen LogP contribution in [0.2, 0.25) is 0 Å². The smallest absolute Gasteiger partial charge is 0.339 e. The zero-order valence-electron chi connectivity index (χ0n) is 12.6. The van der Waals surface area contributed by atoms with Crippen LogP contribution in [0.1, 0.15) is 19.4 Å². The van der Waals surface area contributed by atoms with Crippen LogP contribution in [0, 0.1) is 0 Å². The summed E-state index contributed by atoms with van der Waals surface area (Å²) in [5.74, 6) is 0.595. The highest BCUT2D eigenvalue weighted by Crippen LogP contribution is 2.47. The highest BCUT2D eigenvalue weighted by Gasteiger charge is 2.33. The summed E-state index contributed by atoms with van der Waals surface area (Å²) in [6.07, 6.45) is 0. The van der Waals surface area contributed by atoms with E-state index in [-0.39, 0.29) is 17.1 Å². The number of hydrogen-bond acceptors (Lipinski definition) is 5. The molecule has 2 N–H and O–H groups in total. The van der Waals surface area contributed by atoms with Crippen molar-refractivity contribution in [1.82, 2.24) is 0 Å². The molecule has 2 heterocycles. The van der Waals surface area contributed by atoms with E-state index in [1.165, 1.54) is 0 Å². The molecule has 1 aliphatic heterocycles. The second kappa shape index (κ2) is 4.29. The maximum absolute atomic E-state index is 11.4. The first-order valence-corrected chi connectivity index (χ1v) is 7.19. The van der Waals surface area contributed by atoms with Gasteiger partial charge in [-0.05, 0) is 37.6 Å². The largest absolute Gasteiger partial charge is 0.508 e. The fraction of sp³-hybridized carbons (Fsp3) is 0.167. The molecule has 0 saturated heterocycles. The second-order valence-electron chi connectivity index (χ2n) is 6.14. The van der Waals surface area contributed by atoms with Crippen molar-refractivity contribution in [2.75, 3.05) is 0 Å². The predicted molar refractivity (Wildman–Crippen MR) is 84.9 cm³/mol. The van der Waals surface area contributed by atoms with E-state index in [1.54, 1.807) is 24.3 Å². The highest BCUT2D eigenvalue weighted by atomic mass is 16.5. The van der Waals surface area contributed by atoms with Crippen LogP contribution < -0.4 is 10.4 Å². The van der Waals surface area contributed by atoms with Gasteiger partial charge in [0.1, 0.15) is 28.4 Å². The van der Waals surface area contributed by atoms with Crippen molar-refractivity contribution >= 4 is 11.0 Å². The fourth-order valence-corrected chi connectivity index (χ4v) is 3.06. The second-order valence-corrected chi connectivity index (χ2v) is 6.14. The zero-order valence-corrected chi connectivity index (χ0v) is 12.6. The van der Waals surface area contributed by atoms with E-state index in [2.05, 4.69) is 0 Å². The molecule has 4 rings (SSSR count). The lowest BCUT2D eigenvalue weighted by molar-refractivity contribution is 0.105. The summed E-state index contributed by atoms with van der Waals surface area (Å²) in [4.78, 5) is 11.4. The molecule has 1 aliphatic rings. The fourth-order valence-electron chi connectivity index (χ4n) is 3.06. The molecule has 0 aliphatic carbocycles. The molecule has 5 heteroatoms. The van der Waals surface area contributed by atoms with E-state index in [1.807, 2.05) is 19.9 Å². The molecule has 0 amide bonds. The minimum absolute atomic E-state index is 0.135. The van der Waals surface area contributed by atoms with Gasteiger partial charge in [-0.2, -0.15) is 0 Å². The minimum Gasteiger partial charge on any atom is -0.508 e. The first kappa shape index (κ1) is 13.7. The molecule has 0 bridgehead atoms. The van der Waals surface area contributed by atoms with E-state index in [0.717, 1.165) is 22.8 Å². The maximum Gasteiger partial charge on any atom is 0.339 e. The topological polar surface area (TPSA) is 79.9 Å². The van der Waals surface area contributed by atoms with Gasteiger partial charge in [-0.15, -0.1) is 0 Å². The maximum atomic E-state index is 11.4. The van der Waals surface area contributed by atoms with Crippen molar-refractivity contribution in [3.8, 4) is 28.4 Å². The molecule has 5 nitrogen and oxygen atoms in total. The molecular weight excluding hydrogens is 296 g/mol. The molecular formula is C18H14O5. The number of hydrogen-bond donors (Lipinski definition) is 2. The third-order valence-electron chi connectivity index (χ3n) is 4.13. The number of phenolic OH excluding ortho intramolecular Hbond substituents is 1. The van der Waals surface area contributed by atoms with Crippen LogP contribution in [-0.2, 0) is 5.60 Å². The van der Waals surface area contributed by atoms with Gasteiger partial charge >= 0.3 is 5.63 Å². The Morgan fingerprint density at radius 1 is 1.00 bits per heavy atom. The molecule has 116 valence electrons. The Hall–Kier alpha value is -2.95. The lowest BCUT2D eigenvalue weighted by Gasteiger charge is -2.35. The van der Waals surface area contributed by atoms with Crippen LogP contribution >= 0.6 is 0 Å². The minimum atomic E-state index is -0.647. The van der Waals surface area contributed by atoms with E-state index >= 15 is 0 Å². The Morgan fingerprint density at radius 3 is 2.57 bits per heavy atom. The predicted octanol–water partition coefficient (Wildman–Crippen LogP) is 3.50. The summed E-state index contributed by atoms with van der Waals surface area (Å²) in [5, 5.41) is 20.2. The third-order valence-corrected chi connectivity index (χ3v) is 4.13. The van der Waals surface area contributed by atoms with Crippen molar-refractivity contribution in [2.24, 2.45) is 0 Å². The van der Waals surface area contributed by atoms with E-state index < -0.39 is 11.2 Å². The summed E-state index contributed by atoms with van der Waals surface area (Å²) in [7, 11) is 0. The lowest BCUT2D eigenvalue weighted by atomic mass is 9.85. The molecule has 2 aromatic carbocycles. The summed E-state index contributed by atoms with van der Waals surface area (Å²) >= 11 is 0. The van der Waals surface area contributed by atoms with Crippen molar-refractivity contribution in [2.45, 2.75) is 19.4 Å². The normalized spacial score (nSPS) is 14.9. The average molecular weight is 310 g/mol. The third kappa shape index (κ3) is 1.97. The van der Waals surface area contributed by atoms with Gasteiger partial charge < -0.3 is 19.4 Å². The van der Waals surface area contributed by atoms with Crippen molar-refractivity contribution in [3.63, 3.8) is 0 Å². The number of fused-ring (bicyclic) bond motifs is 4. The SMILES string of the molecule is CC1(C)Oc2cc3oc(=O)cc(O)c3cc2-c2ccc(O)cc21. The Labute approximate surface area is 131 Å². The number of ether oxygens (including phenoxy) is 1. The van der Waals surface area contributed by atoms with E-state index in [0.29, 0.717) is 11.1 Å². The van der Waals surface area contributed by atoms with Gasteiger partial charge in [-0.3, -0.25) is 0 Å². The molecule has 0 fully saturated rings. The number of benzene rings is 2. The van der Waals surface area contributed by atoms with Crippen LogP contribution in [0.15, 0.2) is 45.6 Å². The van der Waals surface area contributed by atoms with Gasteiger partial charge in [-0.25, -0.2) is 4.79 Å². The number of aromatic hydroxyl groups is 2. The molecule has 0 saturated carbocycles. The van der Waals surface area contributed by atoms with Gasteiger partial charge in [0.05, 0.1) is 11.5 Å². The quantitative estimate of drug-likeness (QED) is 0.621. The Morgan fingerprint density at radius 2 is 1.78 bits per heavy atom. The van der Waals surface area contributed by atoms with Crippen LogP contribution in [0.25, 0.3) is 22.1 Å². The lowest BCUT2D eigenvalue weighted by Crippen LogP contribution is -2.29. The average Bonchev–Trinajstić information content (AvgIpc) is 2.45. The van der Waals surface area contributed by atoms with Gasteiger partial charge in [0.25, 0.3) is 0 Å². The van der Waals surface area contributed by atoms with Gasteiger partial charge in [0, 0.05) is 17.2 Å². The highest BCUT2D eigenvalue weighted by molar-refractivity contribution is 5.92. The molecule has 3 aromatic rings. The summed E-state index contributed by atoms with van der Waals surface area (Å²) in [6, 6.07) is 9.49. The molecule has 0 atom stereocenters. The zero-order chi connectivity index (χ0) is 16.4. The Balaban J connectivity index is 2.09. The summed E-state index contributed by atoms with van der Waals surface area (Å²) in [5.41, 5.74) is 1.53. The molecule has 0 spiro atoms. The monoisotopic (exact) mass is 310 g/mol. The van der Waals surface area contributed by atoms with Gasteiger partial charge in [-0.1, -0.05) is 6.07 Å². The van der Waals surface area contributed by atoms with E-state index in [4.69, 9.17) is 9.15 Å². The Bertz CT molecular complexity index is 1010. The van der Waals surface area contributed by atoms with Crippen molar-refractivity contribution in [1.29, 1.82) is 0 Å². The number of rotatable bonds is 0. The van der Waals surface area contributed by atoms with Crippen molar-refractivity contribution in [3.05, 3.63) is 52.4 Å². The van der Waals surface area contributed by atoms with Crippen LogP contribution in [0.5, 0.6) is 17.2 Å². The first-order chi connectivity index (χ1) is 10.8. The Kier molecular flexibility index (Phi) is 2.55. The molecule has 23 heavy (non-hydrogen) atoms. The van der Waals surface area contributed by atoms with E-state index in [9.17, 15) is 15.0 Å². The van der Waals surface area contributed by atoms with Crippen LogP contribution in [-0.4, -0.2) is 10.2 Å². The van der Waals surface area contributed by atoms with Crippen LogP contribution in [0.3, 0.4) is 0 Å². The molecule has 0 unspecified atom stereocenters. The molecule has 1 aromatic heterocycles. The van der Waals surface area contributed by atoms with Gasteiger partial charge in [0.2, 0.25) is 0 Å². The van der Waals surface area contributed by atoms with Gasteiger partial charge in [0.15, 0.2) is 0 Å². The number of phenols is 1. The van der Waals surface area contributed by atoms with Crippen LogP contribution in [0.4, 0.5) is 0 Å². The molecule has 0 radical (unpaired) electrons. The first-order valence-electron chi connectivity index (χ1n) is 7.19.